The topological polar surface area (TPSA) is 92.3 Å². The van der Waals surface area contributed by atoms with Crippen molar-refractivity contribution in [3.63, 3.8) is 0 Å². The summed E-state index contributed by atoms with van der Waals surface area (Å²) in [5, 5.41) is 3.18. The number of aromatic nitrogens is 2. The first-order valence-electron chi connectivity index (χ1n) is 8.93. The van der Waals surface area contributed by atoms with E-state index in [2.05, 4.69) is 29.1 Å². The molecule has 0 aliphatic carbocycles. The highest BCUT2D eigenvalue weighted by molar-refractivity contribution is 7.91. The van der Waals surface area contributed by atoms with E-state index >= 15 is 0 Å². The van der Waals surface area contributed by atoms with E-state index in [9.17, 15) is 13.2 Å². The van der Waals surface area contributed by atoms with Crippen molar-refractivity contribution in [1.82, 2.24) is 14.9 Å². The average molecular weight is 388 g/mol. The predicted molar refractivity (Wildman–Crippen MR) is 105 cm³/mol. The normalized spacial score (nSPS) is 18.4. The number of hydrogen-bond donors (Lipinski definition) is 1. The monoisotopic (exact) mass is 388 g/mol. The van der Waals surface area contributed by atoms with Crippen LogP contribution in [0.4, 0.5) is 11.6 Å². The molecule has 1 fully saturated rings. The molecule has 1 amide bonds. The summed E-state index contributed by atoms with van der Waals surface area (Å²) in [6, 6.07) is 9.13. The molecule has 8 heteroatoms. The minimum atomic E-state index is -3.06. The SMILES string of the molecule is CC(C)c1ccccc1Nc1nccc(C(=O)N(C)C2CCS(=O)(=O)C2)n1. The maximum absolute atomic E-state index is 12.7. The quantitative estimate of drug-likeness (QED) is 0.846. The molecular weight excluding hydrogens is 364 g/mol. The second-order valence-electron chi connectivity index (χ2n) is 7.11. The van der Waals surface area contributed by atoms with Crippen molar-refractivity contribution in [2.45, 2.75) is 32.2 Å². The fourth-order valence-corrected chi connectivity index (χ4v) is 4.97. The van der Waals surface area contributed by atoms with Crippen molar-refractivity contribution in [3.05, 3.63) is 47.8 Å². The minimum Gasteiger partial charge on any atom is -0.336 e. The predicted octanol–water partition coefficient (Wildman–Crippen LogP) is 2.60. The lowest BCUT2D eigenvalue weighted by molar-refractivity contribution is 0.0741. The van der Waals surface area contributed by atoms with Crippen LogP contribution in [0.15, 0.2) is 36.5 Å². The third kappa shape index (κ3) is 4.44. The molecule has 3 rings (SSSR count). The maximum atomic E-state index is 12.7. The third-order valence-corrected chi connectivity index (χ3v) is 6.53. The number of hydrogen-bond acceptors (Lipinski definition) is 6. The highest BCUT2D eigenvalue weighted by atomic mass is 32.2. The molecule has 7 nitrogen and oxygen atoms in total. The van der Waals surface area contributed by atoms with Gasteiger partial charge in [-0.2, -0.15) is 0 Å². The number of para-hydroxylation sites is 1. The number of anilines is 2. The second-order valence-corrected chi connectivity index (χ2v) is 9.33. The summed E-state index contributed by atoms with van der Waals surface area (Å²) in [5.74, 6) is 0.487. The van der Waals surface area contributed by atoms with Crippen LogP contribution in [0.2, 0.25) is 0 Å². The second kappa shape index (κ2) is 7.64. The Morgan fingerprint density at radius 2 is 2.00 bits per heavy atom. The first-order valence-corrected chi connectivity index (χ1v) is 10.8. The number of nitrogens with zero attached hydrogens (tertiary/aromatic N) is 3. The lowest BCUT2D eigenvalue weighted by Crippen LogP contribution is -2.38. The number of nitrogens with one attached hydrogen (secondary N) is 1. The molecule has 0 radical (unpaired) electrons. The van der Waals surface area contributed by atoms with Crippen molar-refractivity contribution >= 4 is 27.4 Å². The first-order chi connectivity index (χ1) is 12.8. The van der Waals surface area contributed by atoms with Crippen LogP contribution in [-0.4, -0.2) is 53.8 Å². The molecule has 1 aliphatic heterocycles. The van der Waals surface area contributed by atoms with Gasteiger partial charge in [0.1, 0.15) is 5.69 Å². The zero-order valence-corrected chi connectivity index (χ0v) is 16.5. The van der Waals surface area contributed by atoms with Gasteiger partial charge in [-0.05, 0) is 30.0 Å². The number of carbonyl (C=O) groups excluding carboxylic acids is 1. The molecule has 1 aromatic carbocycles. The van der Waals surface area contributed by atoms with Crippen LogP contribution in [-0.2, 0) is 9.84 Å². The van der Waals surface area contributed by atoms with Gasteiger partial charge in [-0.15, -0.1) is 0 Å². The lowest BCUT2D eigenvalue weighted by atomic mass is 10.0. The van der Waals surface area contributed by atoms with Gasteiger partial charge >= 0.3 is 0 Å². The van der Waals surface area contributed by atoms with E-state index in [0.717, 1.165) is 11.3 Å². The summed E-state index contributed by atoms with van der Waals surface area (Å²) in [6.45, 7) is 4.21. The molecule has 0 saturated carbocycles. The molecule has 1 unspecified atom stereocenters. The van der Waals surface area contributed by atoms with E-state index in [1.54, 1.807) is 13.1 Å². The molecule has 1 atom stereocenters. The maximum Gasteiger partial charge on any atom is 0.272 e. The molecular formula is C19H24N4O3S. The Bertz CT molecular complexity index is 943. The van der Waals surface area contributed by atoms with Crippen molar-refractivity contribution in [1.29, 1.82) is 0 Å². The highest BCUT2D eigenvalue weighted by Crippen LogP contribution is 2.26. The number of amides is 1. The lowest BCUT2D eigenvalue weighted by Gasteiger charge is -2.23. The zero-order chi connectivity index (χ0) is 19.6. The number of rotatable bonds is 5. The zero-order valence-electron chi connectivity index (χ0n) is 15.7. The van der Waals surface area contributed by atoms with Gasteiger partial charge in [0.05, 0.1) is 11.5 Å². The molecule has 1 N–H and O–H groups in total. The summed E-state index contributed by atoms with van der Waals surface area (Å²) in [7, 11) is -1.43. The van der Waals surface area contributed by atoms with Crippen LogP contribution in [0.3, 0.4) is 0 Å². The Hall–Kier alpha value is -2.48. The van der Waals surface area contributed by atoms with E-state index < -0.39 is 9.84 Å². The first kappa shape index (κ1) is 19.3. The molecule has 27 heavy (non-hydrogen) atoms. The molecule has 0 spiro atoms. The average Bonchev–Trinajstić information content (AvgIpc) is 3.01. The third-order valence-electron chi connectivity index (χ3n) is 4.78. The summed E-state index contributed by atoms with van der Waals surface area (Å²) in [5.41, 5.74) is 2.26. The van der Waals surface area contributed by atoms with Crippen LogP contribution in [0.5, 0.6) is 0 Å². The number of sulfone groups is 1. The highest BCUT2D eigenvalue weighted by Gasteiger charge is 2.33. The summed E-state index contributed by atoms with van der Waals surface area (Å²) in [4.78, 5) is 22.7. The Morgan fingerprint density at radius 1 is 1.26 bits per heavy atom. The molecule has 1 aromatic heterocycles. The van der Waals surface area contributed by atoms with Crippen molar-refractivity contribution < 1.29 is 13.2 Å². The van der Waals surface area contributed by atoms with Gasteiger partial charge in [0.25, 0.3) is 5.91 Å². The summed E-state index contributed by atoms with van der Waals surface area (Å²) >= 11 is 0. The molecule has 144 valence electrons. The Balaban J connectivity index is 1.79. The van der Waals surface area contributed by atoms with E-state index in [4.69, 9.17) is 0 Å². The molecule has 1 saturated heterocycles. The van der Waals surface area contributed by atoms with E-state index in [1.807, 2.05) is 24.3 Å². The van der Waals surface area contributed by atoms with Crippen molar-refractivity contribution in [2.75, 3.05) is 23.9 Å². The van der Waals surface area contributed by atoms with E-state index in [-0.39, 0.29) is 29.1 Å². The number of benzene rings is 1. The van der Waals surface area contributed by atoms with Gasteiger partial charge in [-0.25, -0.2) is 18.4 Å². The minimum absolute atomic E-state index is 0.00714. The van der Waals surface area contributed by atoms with Gasteiger partial charge in [-0.1, -0.05) is 32.0 Å². The van der Waals surface area contributed by atoms with Crippen molar-refractivity contribution in [3.8, 4) is 0 Å². The summed E-state index contributed by atoms with van der Waals surface area (Å²) in [6.07, 6.45) is 1.99. The smallest absolute Gasteiger partial charge is 0.272 e. The molecule has 2 heterocycles. The Labute approximate surface area is 159 Å². The number of carbonyl (C=O) groups is 1. The van der Waals surface area contributed by atoms with Gasteiger partial charge in [-0.3, -0.25) is 4.79 Å². The van der Waals surface area contributed by atoms with Gasteiger partial charge in [0.2, 0.25) is 5.95 Å². The molecule has 0 bridgehead atoms. The van der Waals surface area contributed by atoms with E-state index in [1.165, 1.54) is 11.1 Å². The van der Waals surface area contributed by atoms with Crippen LogP contribution < -0.4 is 5.32 Å². The van der Waals surface area contributed by atoms with Gasteiger partial charge in [0, 0.05) is 25.0 Å². The van der Waals surface area contributed by atoms with Gasteiger partial charge < -0.3 is 10.2 Å². The van der Waals surface area contributed by atoms with Gasteiger partial charge in [0.15, 0.2) is 9.84 Å². The standard InChI is InChI=1S/C19H24N4O3S/c1-13(2)15-6-4-5-7-16(15)21-19-20-10-8-17(22-19)18(24)23(3)14-9-11-27(25,26)12-14/h4-8,10,13-14H,9,11-12H2,1-3H3,(H,20,21,22). The van der Waals surface area contributed by atoms with E-state index in [0.29, 0.717) is 18.3 Å². The van der Waals surface area contributed by atoms with Crippen LogP contribution in [0, 0.1) is 0 Å². The Kier molecular flexibility index (Phi) is 5.46. The molecule has 2 aromatic rings. The van der Waals surface area contributed by atoms with Crippen molar-refractivity contribution in [2.24, 2.45) is 0 Å². The molecule has 1 aliphatic rings. The Morgan fingerprint density at radius 3 is 2.67 bits per heavy atom. The summed E-state index contributed by atoms with van der Waals surface area (Å²) < 4.78 is 23.4. The van der Waals surface area contributed by atoms with Crippen LogP contribution in [0.25, 0.3) is 0 Å². The fraction of sp³-hybridized carbons (Fsp3) is 0.421. The van der Waals surface area contributed by atoms with Crippen LogP contribution >= 0.6 is 0 Å². The fourth-order valence-electron chi connectivity index (χ4n) is 3.20. The largest absolute Gasteiger partial charge is 0.336 e. The van der Waals surface area contributed by atoms with Crippen LogP contribution in [0.1, 0.15) is 42.2 Å².